The Bertz CT molecular complexity index is 3430. The Morgan fingerprint density at radius 3 is 1.57 bits per heavy atom. The van der Waals surface area contributed by atoms with E-state index < -0.39 is 0 Å². The smallest absolute Gasteiger partial charge is 0.143 e. The molecular formula is C55H36N2O. The minimum atomic E-state index is -0.182. The number of aromatic nitrogens is 2. The molecule has 0 unspecified atom stereocenters. The summed E-state index contributed by atoms with van der Waals surface area (Å²) in [6.07, 6.45) is 1.94. The molecule has 9 aromatic carbocycles. The van der Waals surface area contributed by atoms with Crippen molar-refractivity contribution in [3.63, 3.8) is 0 Å². The van der Waals surface area contributed by atoms with Gasteiger partial charge in [0, 0.05) is 38.1 Å². The van der Waals surface area contributed by atoms with E-state index in [1.54, 1.807) is 0 Å². The summed E-state index contributed by atoms with van der Waals surface area (Å²) in [7, 11) is 0. The molecule has 0 N–H and O–H groups in total. The van der Waals surface area contributed by atoms with Crippen molar-refractivity contribution in [1.82, 2.24) is 9.97 Å². The highest BCUT2D eigenvalue weighted by Crippen LogP contribution is 2.51. The molecular weight excluding hydrogens is 705 g/mol. The molecule has 0 aliphatic heterocycles. The number of benzene rings is 9. The Balaban J connectivity index is 0.844. The van der Waals surface area contributed by atoms with Gasteiger partial charge in [-0.05, 0) is 79.0 Å². The summed E-state index contributed by atoms with van der Waals surface area (Å²) in [6, 6.07) is 63.3. The molecule has 272 valence electrons. The molecule has 2 heterocycles. The topological polar surface area (TPSA) is 38.9 Å². The molecule has 0 saturated heterocycles. The van der Waals surface area contributed by atoms with Gasteiger partial charge in [0.1, 0.15) is 11.2 Å². The van der Waals surface area contributed by atoms with Gasteiger partial charge in [0.05, 0.1) is 22.9 Å². The van der Waals surface area contributed by atoms with Crippen LogP contribution in [0.1, 0.15) is 25.0 Å². The molecule has 0 radical (unpaired) electrons. The molecule has 0 bridgehead atoms. The molecule has 0 atom stereocenters. The van der Waals surface area contributed by atoms with Crippen molar-refractivity contribution in [2.45, 2.75) is 19.3 Å². The fourth-order valence-corrected chi connectivity index (χ4v) is 9.51. The van der Waals surface area contributed by atoms with Crippen molar-refractivity contribution in [3.8, 4) is 55.8 Å². The molecule has 2 aromatic heterocycles. The van der Waals surface area contributed by atoms with E-state index in [0.29, 0.717) is 0 Å². The van der Waals surface area contributed by atoms with Crippen LogP contribution >= 0.6 is 0 Å². The minimum absolute atomic E-state index is 0.182. The SMILES string of the molecule is CC1(C)c2cc(-c3ccc(-c4ccc(-c5cccc6c5oc5ccccc56)cc4)cc3)ccc2-c2ccc(-c3cnc4c5ccccc5c5ccccc5c4n3)cc21. The predicted molar refractivity (Wildman–Crippen MR) is 241 cm³/mol. The van der Waals surface area contributed by atoms with Crippen molar-refractivity contribution in [3.05, 3.63) is 193 Å². The molecule has 12 rings (SSSR count). The van der Waals surface area contributed by atoms with Crippen LogP contribution in [0.4, 0.5) is 0 Å². The van der Waals surface area contributed by atoms with Crippen LogP contribution in [0.15, 0.2) is 187 Å². The normalized spacial score (nSPS) is 13.1. The van der Waals surface area contributed by atoms with Crippen molar-refractivity contribution >= 4 is 54.5 Å². The largest absolute Gasteiger partial charge is 0.455 e. The Hall–Kier alpha value is -7.36. The lowest BCUT2D eigenvalue weighted by atomic mass is 9.81. The first kappa shape index (κ1) is 32.8. The quantitative estimate of drug-likeness (QED) is 0.169. The lowest BCUT2D eigenvalue weighted by Gasteiger charge is -2.22. The summed E-state index contributed by atoms with van der Waals surface area (Å²) in [6.45, 7) is 4.69. The summed E-state index contributed by atoms with van der Waals surface area (Å²) >= 11 is 0. The Morgan fingerprint density at radius 2 is 0.897 bits per heavy atom. The van der Waals surface area contributed by atoms with E-state index in [1.165, 1.54) is 55.3 Å². The van der Waals surface area contributed by atoms with E-state index >= 15 is 0 Å². The number of para-hydroxylation sites is 2. The van der Waals surface area contributed by atoms with Gasteiger partial charge >= 0.3 is 0 Å². The first-order valence-corrected chi connectivity index (χ1v) is 20.0. The zero-order chi connectivity index (χ0) is 38.5. The molecule has 3 heteroatoms. The summed E-state index contributed by atoms with van der Waals surface area (Å²) in [5.74, 6) is 0. The van der Waals surface area contributed by atoms with Gasteiger partial charge in [-0.15, -0.1) is 0 Å². The van der Waals surface area contributed by atoms with Crippen molar-refractivity contribution < 1.29 is 4.42 Å². The maximum Gasteiger partial charge on any atom is 0.143 e. The minimum Gasteiger partial charge on any atom is -0.455 e. The van der Waals surface area contributed by atoms with Gasteiger partial charge in [-0.2, -0.15) is 0 Å². The number of nitrogens with zero attached hydrogens (tertiary/aromatic N) is 2. The first-order chi connectivity index (χ1) is 28.5. The van der Waals surface area contributed by atoms with Crippen LogP contribution in [-0.2, 0) is 5.41 Å². The van der Waals surface area contributed by atoms with Gasteiger partial charge in [0.25, 0.3) is 0 Å². The lowest BCUT2D eigenvalue weighted by molar-refractivity contribution is 0.661. The number of furan rings is 1. The third kappa shape index (κ3) is 4.86. The molecule has 3 nitrogen and oxygen atoms in total. The van der Waals surface area contributed by atoms with Crippen LogP contribution < -0.4 is 0 Å². The van der Waals surface area contributed by atoms with E-state index in [1.807, 2.05) is 18.3 Å². The lowest BCUT2D eigenvalue weighted by Crippen LogP contribution is -2.15. The Kier molecular flexibility index (Phi) is 6.98. The van der Waals surface area contributed by atoms with Crippen LogP contribution in [0, 0.1) is 0 Å². The van der Waals surface area contributed by atoms with Crippen LogP contribution in [0.2, 0.25) is 0 Å². The molecule has 0 amide bonds. The van der Waals surface area contributed by atoms with E-state index in [0.717, 1.165) is 66.1 Å². The van der Waals surface area contributed by atoms with Crippen LogP contribution in [0.3, 0.4) is 0 Å². The van der Waals surface area contributed by atoms with Crippen LogP contribution in [0.25, 0.3) is 110 Å². The highest BCUT2D eigenvalue weighted by Gasteiger charge is 2.36. The summed E-state index contributed by atoms with van der Waals surface area (Å²) in [5, 5.41) is 6.98. The third-order valence-electron chi connectivity index (χ3n) is 12.6. The van der Waals surface area contributed by atoms with Crippen LogP contribution in [0.5, 0.6) is 0 Å². The average molecular weight is 741 g/mol. The molecule has 0 spiro atoms. The number of fused-ring (bicyclic) bond motifs is 12. The number of rotatable bonds is 4. The molecule has 0 fully saturated rings. The van der Waals surface area contributed by atoms with Crippen molar-refractivity contribution in [2.24, 2.45) is 0 Å². The number of hydrogen-bond acceptors (Lipinski definition) is 3. The fourth-order valence-electron chi connectivity index (χ4n) is 9.51. The third-order valence-corrected chi connectivity index (χ3v) is 12.6. The number of hydrogen-bond donors (Lipinski definition) is 0. The van der Waals surface area contributed by atoms with E-state index in [4.69, 9.17) is 14.4 Å². The van der Waals surface area contributed by atoms with Gasteiger partial charge in [0.15, 0.2) is 0 Å². The average Bonchev–Trinajstić information content (AvgIpc) is 3.78. The Labute approximate surface area is 335 Å². The highest BCUT2D eigenvalue weighted by molar-refractivity contribution is 6.23. The molecule has 1 aliphatic rings. The second kappa shape index (κ2) is 12.3. The second-order valence-corrected chi connectivity index (χ2v) is 16.1. The van der Waals surface area contributed by atoms with Gasteiger partial charge < -0.3 is 4.42 Å². The monoisotopic (exact) mass is 740 g/mol. The molecule has 0 saturated carbocycles. The zero-order valence-corrected chi connectivity index (χ0v) is 32.1. The summed E-state index contributed by atoms with van der Waals surface area (Å²) in [4.78, 5) is 10.3. The van der Waals surface area contributed by atoms with Crippen molar-refractivity contribution in [1.29, 1.82) is 0 Å². The first-order valence-electron chi connectivity index (χ1n) is 20.0. The molecule has 58 heavy (non-hydrogen) atoms. The molecule has 11 aromatic rings. The molecule has 1 aliphatic carbocycles. The highest BCUT2D eigenvalue weighted by atomic mass is 16.3. The van der Waals surface area contributed by atoms with Gasteiger partial charge in [-0.3, -0.25) is 4.98 Å². The van der Waals surface area contributed by atoms with Gasteiger partial charge in [-0.25, -0.2) is 4.98 Å². The summed E-state index contributed by atoms with van der Waals surface area (Å²) in [5.41, 5.74) is 17.8. The van der Waals surface area contributed by atoms with Gasteiger partial charge in [-0.1, -0.05) is 172 Å². The maximum absolute atomic E-state index is 6.32. The predicted octanol–water partition coefficient (Wildman–Crippen LogP) is 14.8. The van der Waals surface area contributed by atoms with E-state index in [9.17, 15) is 0 Å². The second-order valence-electron chi connectivity index (χ2n) is 16.1. The van der Waals surface area contributed by atoms with E-state index in [-0.39, 0.29) is 5.41 Å². The van der Waals surface area contributed by atoms with Crippen LogP contribution in [-0.4, -0.2) is 9.97 Å². The van der Waals surface area contributed by atoms with E-state index in [2.05, 4.69) is 178 Å². The maximum atomic E-state index is 6.32. The summed E-state index contributed by atoms with van der Waals surface area (Å²) < 4.78 is 6.32. The van der Waals surface area contributed by atoms with Crippen molar-refractivity contribution in [2.75, 3.05) is 0 Å². The fraction of sp³-hybridized carbons (Fsp3) is 0.0545. The zero-order valence-electron chi connectivity index (χ0n) is 32.1. The standard InChI is InChI=1S/C55H36N2O/c1-55(2)48-30-37(35-20-18-33(19-21-35)34-22-24-36(25-23-34)39-15-9-16-47-44-12-7-8-17-51(44)58-54(39)47)26-28-42(48)43-29-27-38(31-49(43)55)50-32-56-52-45-13-5-3-10-40(45)41-11-4-6-14-46(41)53(52)57-50/h3-32H,1-2H3. The Morgan fingerprint density at radius 1 is 0.397 bits per heavy atom. The van der Waals surface area contributed by atoms with Gasteiger partial charge in [0.2, 0.25) is 0 Å².